The number of rotatable bonds is 13. The van der Waals surface area contributed by atoms with E-state index in [1.807, 2.05) is 70.5 Å². The normalized spacial score (nSPS) is 19.3. The first-order chi connectivity index (χ1) is 20.4. The van der Waals surface area contributed by atoms with Gasteiger partial charge in [0.25, 0.3) is 0 Å². The zero-order chi connectivity index (χ0) is 31.8. The SMILES string of the molecule is C/C=C\Cc1[nH]cc(C[C@@H](NC(=O)C(C)(N)CC)C(=O)N2CCCC(Cc3ccccc3)(C(=O)N(C)N(C)C)C2)c1CC. The molecule has 1 aliphatic rings. The molecule has 3 rings (SSSR count). The molecule has 2 aromatic rings. The number of benzene rings is 1. The van der Waals surface area contributed by atoms with Crippen LogP contribution in [0.25, 0.3) is 0 Å². The minimum absolute atomic E-state index is 0.0209. The first-order valence-corrected chi connectivity index (χ1v) is 15.6. The van der Waals surface area contributed by atoms with E-state index in [4.69, 9.17) is 5.73 Å². The molecule has 4 N–H and O–H groups in total. The van der Waals surface area contributed by atoms with Crippen LogP contribution in [0.4, 0.5) is 0 Å². The van der Waals surface area contributed by atoms with Crippen molar-refractivity contribution in [2.75, 3.05) is 34.2 Å². The topological polar surface area (TPSA) is 115 Å². The number of amides is 3. The molecule has 0 radical (unpaired) electrons. The predicted molar refractivity (Wildman–Crippen MR) is 172 cm³/mol. The molecule has 236 valence electrons. The van der Waals surface area contributed by atoms with Crippen molar-refractivity contribution in [3.8, 4) is 0 Å². The lowest BCUT2D eigenvalue weighted by Gasteiger charge is -2.45. The van der Waals surface area contributed by atoms with Crippen molar-refractivity contribution in [1.29, 1.82) is 0 Å². The molecule has 0 saturated carbocycles. The fourth-order valence-corrected chi connectivity index (χ4v) is 5.93. The first kappa shape index (κ1) is 34.1. The number of H-pyrrole nitrogens is 1. The van der Waals surface area contributed by atoms with Gasteiger partial charge in [-0.1, -0.05) is 56.3 Å². The predicted octanol–water partition coefficient (Wildman–Crippen LogP) is 3.64. The highest BCUT2D eigenvalue weighted by molar-refractivity contribution is 5.92. The van der Waals surface area contributed by atoms with Gasteiger partial charge in [0.05, 0.1) is 11.0 Å². The van der Waals surface area contributed by atoms with Crippen molar-refractivity contribution < 1.29 is 14.4 Å². The minimum atomic E-state index is -1.11. The summed E-state index contributed by atoms with van der Waals surface area (Å²) < 4.78 is 0. The molecule has 1 aliphatic heterocycles. The Kier molecular flexibility index (Phi) is 11.8. The van der Waals surface area contributed by atoms with Crippen LogP contribution in [-0.4, -0.2) is 83.4 Å². The van der Waals surface area contributed by atoms with Crippen molar-refractivity contribution in [2.45, 2.75) is 84.2 Å². The third kappa shape index (κ3) is 8.15. The fourth-order valence-electron chi connectivity index (χ4n) is 5.93. The zero-order valence-electron chi connectivity index (χ0n) is 27.2. The molecule has 43 heavy (non-hydrogen) atoms. The van der Waals surface area contributed by atoms with Crippen molar-refractivity contribution in [3.63, 3.8) is 0 Å². The van der Waals surface area contributed by atoms with E-state index >= 15 is 0 Å². The number of piperidine rings is 1. The highest BCUT2D eigenvalue weighted by Crippen LogP contribution is 2.36. The molecule has 0 aliphatic carbocycles. The maximum absolute atomic E-state index is 14.4. The van der Waals surface area contributed by atoms with Gasteiger partial charge in [-0.15, -0.1) is 0 Å². The smallest absolute Gasteiger partial charge is 0.245 e. The van der Waals surface area contributed by atoms with E-state index in [-0.39, 0.29) is 24.3 Å². The number of likely N-dealkylation sites (tertiary alicyclic amines) is 1. The Hall–Kier alpha value is -3.43. The van der Waals surface area contributed by atoms with Crippen LogP contribution < -0.4 is 11.1 Å². The molecule has 2 heterocycles. The molecule has 9 heteroatoms. The summed E-state index contributed by atoms with van der Waals surface area (Å²) in [6, 6.07) is 9.17. The molecular weight excluding hydrogens is 540 g/mol. The summed E-state index contributed by atoms with van der Waals surface area (Å²) in [6.07, 6.45) is 10.3. The van der Waals surface area contributed by atoms with Crippen LogP contribution in [0.5, 0.6) is 0 Å². The lowest BCUT2D eigenvalue weighted by Crippen LogP contribution is -2.61. The number of aromatic amines is 1. The zero-order valence-corrected chi connectivity index (χ0v) is 27.2. The summed E-state index contributed by atoms with van der Waals surface area (Å²) in [4.78, 5) is 47.0. The standard InChI is InChI=1S/C34H52N6O3/c1-8-11-18-28-27(9-2)26(23-36-28)21-29(37-31(42)33(4,35)10-3)30(41)40-20-15-19-34(24-40,32(43)39(7)38(5)6)22-25-16-13-12-14-17-25/h8,11-14,16-17,23,29,36H,9-10,15,18-22,24,35H2,1-7H3,(H,37,42)/b11-8-/t29-,33?,34?/m1/s1. The van der Waals surface area contributed by atoms with Gasteiger partial charge < -0.3 is 20.9 Å². The van der Waals surface area contributed by atoms with Gasteiger partial charge in [0.15, 0.2) is 0 Å². The average molecular weight is 593 g/mol. The van der Waals surface area contributed by atoms with Gasteiger partial charge in [-0.25, -0.2) is 5.01 Å². The monoisotopic (exact) mass is 592 g/mol. The number of hydrogen-bond acceptors (Lipinski definition) is 5. The third-order valence-electron chi connectivity index (χ3n) is 8.99. The fraction of sp³-hybridized carbons (Fsp3) is 0.559. The van der Waals surface area contributed by atoms with E-state index in [2.05, 4.69) is 23.3 Å². The Balaban J connectivity index is 1.98. The second-order valence-corrected chi connectivity index (χ2v) is 12.4. The van der Waals surface area contributed by atoms with Crippen LogP contribution >= 0.6 is 0 Å². The molecule has 9 nitrogen and oxygen atoms in total. The summed E-state index contributed by atoms with van der Waals surface area (Å²) in [7, 11) is 5.46. The molecule has 3 atom stereocenters. The van der Waals surface area contributed by atoms with Gasteiger partial charge in [-0.3, -0.25) is 19.4 Å². The molecule has 2 unspecified atom stereocenters. The van der Waals surface area contributed by atoms with Crippen molar-refractivity contribution >= 4 is 17.7 Å². The van der Waals surface area contributed by atoms with Crippen LogP contribution in [0, 0.1) is 5.41 Å². The van der Waals surface area contributed by atoms with E-state index in [1.165, 1.54) is 0 Å². The Morgan fingerprint density at radius 3 is 2.49 bits per heavy atom. The summed E-state index contributed by atoms with van der Waals surface area (Å²) in [5.41, 5.74) is 8.75. The van der Waals surface area contributed by atoms with Crippen molar-refractivity contribution in [3.05, 3.63) is 71.1 Å². The largest absolute Gasteiger partial charge is 0.364 e. The lowest BCUT2D eigenvalue weighted by molar-refractivity contribution is -0.159. The first-order valence-electron chi connectivity index (χ1n) is 15.6. The number of hydrogen-bond donors (Lipinski definition) is 3. The van der Waals surface area contributed by atoms with Gasteiger partial charge in [0.2, 0.25) is 17.7 Å². The average Bonchev–Trinajstić information content (AvgIpc) is 3.39. The van der Waals surface area contributed by atoms with Crippen LogP contribution in [0.2, 0.25) is 0 Å². The second-order valence-electron chi connectivity index (χ2n) is 12.4. The van der Waals surface area contributed by atoms with E-state index in [1.54, 1.807) is 28.9 Å². The maximum Gasteiger partial charge on any atom is 0.245 e. The molecule has 0 spiro atoms. The lowest BCUT2D eigenvalue weighted by atomic mass is 9.74. The highest BCUT2D eigenvalue weighted by Gasteiger charge is 2.46. The van der Waals surface area contributed by atoms with Gasteiger partial charge >= 0.3 is 0 Å². The van der Waals surface area contributed by atoms with E-state index in [0.717, 1.165) is 35.2 Å². The minimum Gasteiger partial charge on any atom is -0.364 e. The number of allylic oxidation sites excluding steroid dienone is 2. The van der Waals surface area contributed by atoms with Gasteiger partial charge in [0, 0.05) is 59.0 Å². The number of hydrazine groups is 1. The summed E-state index contributed by atoms with van der Waals surface area (Å²) in [5.74, 6) is -0.560. The van der Waals surface area contributed by atoms with Crippen LogP contribution in [0.3, 0.4) is 0 Å². The quantitative estimate of drug-likeness (QED) is 0.243. The summed E-state index contributed by atoms with van der Waals surface area (Å²) in [5, 5.41) is 6.43. The number of aromatic nitrogens is 1. The number of nitrogens with two attached hydrogens (primary N) is 1. The van der Waals surface area contributed by atoms with Gasteiger partial charge in [-0.05, 0) is 62.6 Å². The van der Waals surface area contributed by atoms with Gasteiger partial charge in [-0.2, -0.15) is 0 Å². The number of carbonyl (C=O) groups excluding carboxylic acids is 3. The van der Waals surface area contributed by atoms with E-state index in [9.17, 15) is 14.4 Å². The van der Waals surface area contributed by atoms with E-state index < -0.39 is 17.0 Å². The number of carbonyl (C=O) groups is 3. The molecule has 1 fully saturated rings. The molecular formula is C34H52N6O3. The van der Waals surface area contributed by atoms with Crippen molar-refractivity contribution in [2.24, 2.45) is 11.1 Å². The van der Waals surface area contributed by atoms with Gasteiger partial charge in [0.1, 0.15) is 6.04 Å². The maximum atomic E-state index is 14.4. The Labute approximate surface area is 257 Å². The summed E-state index contributed by atoms with van der Waals surface area (Å²) in [6.45, 7) is 8.45. The highest BCUT2D eigenvalue weighted by atomic mass is 16.2. The second kappa shape index (κ2) is 14.8. The number of nitrogens with one attached hydrogen (secondary N) is 2. The molecule has 3 amide bonds. The Morgan fingerprint density at radius 1 is 1.19 bits per heavy atom. The van der Waals surface area contributed by atoms with Crippen LogP contribution in [-0.2, 0) is 40.1 Å². The Morgan fingerprint density at radius 2 is 1.88 bits per heavy atom. The number of nitrogens with zero attached hydrogens (tertiary/aromatic N) is 3. The van der Waals surface area contributed by atoms with E-state index in [0.29, 0.717) is 38.6 Å². The third-order valence-corrected chi connectivity index (χ3v) is 8.99. The molecule has 1 aromatic carbocycles. The van der Waals surface area contributed by atoms with Crippen LogP contribution in [0.15, 0.2) is 48.7 Å². The Bertz CT molecular complexity index is 1270. The molecule has 0 bridgehead atoms. The van der Waals surface area contributed by atoms with Crippen LogP contribution in [0.1, 0.15) is 69.3 Å². The van der Waals surface area contributed by atoms with Crippen molar-refractivity contribution in [1.82, 2.24) is 25.2 Å². The summed E-state index contributed by atoms with van der Waals surface area (Å²) >= 11 is 0. The molecule has 1 saturated heterocycles. The molecule has 1 aromatic heterocycles.